The van der Waals surface area contributed by atoms with Gasteiger partial charge in [-0.05, 0) is 44.0 Å². The molecule has 0 aliphatic rings. The van der Waals surface area contributed by atoms with Gasteiger partial charge in [0.05, 0.1) is 32.2 Å². The normalized spacial score (nSPS) is 11.8. The standard InChI is InChI=1S/C21H29N5O4S/c1-6-26-18(9-11-22-26)14-25(31(27,28)21-15-24(3)23-16(21)2)12-10-17-7-8-19(29-4)20(13-17)30-5/h7-9,11,13,15H,6,10,12,14H2,1-5H3. The van der Waals surface area contributed by atoms with Crippen LogP contribution in [0.3, 0.4) is 0 Å². The lowest BCUT2D eigenvalue weighted by molar-refractivity contribution is 0.354. The Morgan fingerprint density at radius 2 is 1.87 bits per heavy atom. The molecule has 0 fully saturated rings. The summed E-state index contributed by atoms with van der Waals surface area (Å²) in [5, 5.41) is 8.49. The average Bonchev–Trinajstić information content (AvgIpc) is 3.35. The van der Waals surface area contributed by atoms with Gasteiger partial charge in [0.15, 0.2) is 11.5 Å². The molecule has 2 aromatic heterocycles. The minimum atomic E-state index is -3.76. The van der Waals surface area contributed by atoms with Crippen molar-refractivity contribution in [3.63, 3.8) is 0 Å². The number of methoxy groups -OCH3 is 2. The van der Waals surface area contributed by atoms with Crippen LogP contribution in [0.2, 0.25) is 0 Å². The van der Waals surface area contributed by atoms with Crippen LogP contribution in [0.1, 0.15) is 23.9 Å². The fourth-order valence-corrected chi connectivity index (χ4v) is 5.12. The maximum Gasteiger partial charge on any atom is 0.246 e. The second-order valence-electron chi connectivity index (χ2n) is 7.17. The van der Waals surface area contributed by atoms with Crippen LogP contribution in [0.5, 0.6) is 11.5 Å². The van der Waals surface area contributed by atoms with Crippen LogP contribution in [0.25, 0.3) is 0 Å². The molecule has 0 amide bonds. The van der Waals surface area contributed by atoms with Crippen LogP contribution in [0.4, 0.5) is 0 Å². The van der Waals surface area contributed by atoms with Crippen LogP contribution in [0.15, 0.2) is 41.6 Å². The van der Waals surface area contributed by atoms with Gasteiger partial charge in [-0.25, -0.2) is 8.42 Å². The third-order valence-electron chi connectivity index (χ3n) is 5.13. The predicted molar refractivity (Wildman–Crippen MR) is 117 cm³/mol. The van der Waals surface area contributed by atoms with Gasteiger partial charge in [-0.3, -0.25) is 9.36 Å². The van der Waals surface area contributed by atoms with E-state index in [1.54, 1.807) is 45.3 Å². The van der Waals surface area contributed by atoms with Crippen molar-refractivity contribution in [2.45, 2.75) is 38.3 Å². The number of hydrogen-bond donors (Lipinski definition) is 0. The van der Waals surface area contributed by atoms with Gasteiger partial charge < -0.3 is 9.47 Å². The molecule has 3 rings (SSSR count). The van der Waals surface area contributed by atoms with Crippen LogP contribution < -0.4 is 9.47 Å². The Balaban J connectivity index is 1.91. The number of rotatable bonds is 10. The molecule has 10 heteroatoms. The van der Waals surface area contributed by atoms with Gasteiger partial charge in [-0.1, -0.05) is 6.07 Å². The van der Waals surface area contributed by atoms with Gasteiger partial charge >= 0.3 is 0 Å². The second-order valence-corrected chi connectivity index (χ2v) is 9.08. The number of aryl methyl sites for hydroxylation is 3. The van der Waals surface area contributed by atoms with E-state index >= 15 is 0 Å². The van der Waals surface area contributed by atoms with Gasteiger partial charge in [0.25, 0.3) is 0 Å². The first-order valence-corrected chi connectivity index (χ1v) is 11.5. The van der Waals surface area contributed by atoms with Crippen molar-refractivity contribution in [1.82, 2.24) is 23.9 Å². The van der Waals surface area contributed by atoms with Crippen molar-refractivity contribution >= 4 is 10.0 Å². The zero-order valence-electron chi connectivity index (χ0n) is 18.6. The fourth-order valence-electron chi connectivity index (χ4n) is 3.50. The van der Waals surface area contributed by atoms with Crippen molar-refractivity contribution in [2.75, 3.05) is 20.8 Å². The maximum atomic E-state index is 13.5. The lowest BCUT2D eigenvalue weighted by Crippen LogP contribution is -2.33. The Morgan fingerprint density at radius 1 is 1.13 bits per heavy atom. The molecule has 0 unspecified atom stereocenters. The van der Waals surface area contributed by atoms with E-state index in [9.17, 15) is 8.42 Å². The molecular formula is C21H29N5O4S. The van der Waals surface area contributed by atoms with E-state index in [4.69, 9.17) is 9.47 Å². The fraction of sp³-hybridized carbons (Fsp3) is 0.429. The first-order valence-electron chi connectivity index (χ1n) is 10.0. The van der Waals surface area contributed by atoms with Crippen LogP contribution in [-0.2, 0) is 36.6 Å². The highest BCUT2D eigenvalue weighted by Crippen LogP contribution is 2.28. The van der Waals surface area contributed by atoms with Crippen molar-refractivity contribution in [3.05, 3.63) is 53.6 Å². The minimum absolute atomic E-state index is 0.213. The molecule has 31 heavy (non-hydrogen) atoms. The highest BCUT2D eigenvalue weighted by atomic mass is 32.2. The highest BCUT2D eigenvalue weighted by Gasteiger charge is 2.29. The number of sulfonamides is 1. The highest BCUT2D eigenvalue weighted by molar-refractivity contribution is 7.89. The molecule has 168 valence electrons. The summed E-state index contributed by atoms with van der Waals surface area (Å²) in [5.74, 6) is 1.25. The summed E-state index contributed by atoms with van der Waals surface area (Å²) in [6.07, 6.45) is 3.75. The van der Waals surface area contributed by atoms with E-state index in [1.165, 1.54) is 8.99 Å². The number of nitrogens with zero attached hydrogens (tertiary/aromatic N) is 5. The monoisotopic (exact) mass is 447 g/mol. The van der Waals surface area contributed by atoms with Gasteiger partial charge in [0.2, 0.25) is 10.0 Å². The minimum Gasteiger partial charge on any atom is -0.493 e. The molecule has 0 spiro atoms. The number of aromatic nitrogens is 4. The Bertz CT molecular complexity index is 1140. The SMILES string of the molecule is CCn1nccc1CN(CCc1ccc(OC)c(OC)c1)S(=O)(=O)c1cn(C)nc1C. The first kappa shape index (κ1) is 22.8. The average molecular weight is 448 g/mol. The largest absolute Gasteiger partial charge is 0.493 e. The molecule has 9 nitrogen and oxygen atoms in total. The molecular weight excluding hydrogens is 418 g/mol. The van der Waals surface area contributed by atoms with Crippen molar-refractivity contribution in [3.8, 4) is 11.5 Å². The molecule has 2 heterocycles. The molecule has 0 radical (unpaired) electrons. The number of ether oxygens (including phenoxy) is 2. The van der Waals surface area contributed by atoms with Gasteiger partial charge in [-0.15, -0.1) is 0 Å². The number of benzene rings is 1. The van der Waals surface area contributed by atoms with Gasteiger partial charge in [-0.2, -0.15) is 14.5 Å². The first-order chi connectivity index (χ1) is 14.8. The summed E-state index contributed by atoms with van der Waals surface area (Å²) >= 11 is 0. The van der Waals surface area contributed by atoms with E-state index in [-0.39, 0.29) is 11.4 Å². The summed E-state index contributed by atoms with van der Waals surface area (Å²) in [6.45, 7) is 4.86. The van der Waals surface area contributed by atoms with Crippen LogP contribution >= 0.6 is 0 Å². The van der Waals surface area contributed by atoms with Crippen LogP contribution in [0, 0.1) is 6.92 Å². The third kappa shape index (κ3) is 4.91. The van der Waals surface area contributed by atoms with Crippen molar-refractivity contribution < 1.29 is 17.9 Å². The van der Waals surface area contributed by atoms with E-state index in [2.05, 4.69) is 10.2 Å². The Kier molecular flexibility index (Phi) is 7.01. The molecule has 0 atom stereocenters. The van der Waals surface area contributed by atoms with E-state index in [0.717, 1.165) is 11.3 Å². The van der Waals surface area contributed by atoms with Crippen LogP contribution in [-0.4, -0.2) is 53.0 Å². The Morgan fingerprint density at radius 3 is 2.48 bits per heavy atom. The molecule has 0 aliphatic carbocycles. The zero-order chi connectivity index (χ0) is 22.6. The summed E-state index contributed by atoms with van der Waals surface area (Å²) < 4.78 is 42.5. The van der Waals surface area contributed by atoms with E-state index < -0.39 is 10.0 Å². The molecule has 1 aromatic carbocycles. The van der Waals surface area contributed by atoms with Crippen molar-refractivity contribution in [2.24, 2.45) is 7.05 Å². The summed E-state index contributed by atoms with van der Waals surface area (Å²) in [5.41, 5.74) is 2.26. The molecule has 0 saturated carbocycles. The molecule has 0 aliphatic heterocycles. The van der Waals surface area contributed by atoms with Gasteiger partial charge in [0, 0.05) is 32.5 Å². The maximum absolute atomic E-state index is 13.5. The predicted octanol–water partition coefficient (Wildman–Crippen LogP) is 2.40. The third-order valence-corrected chi connectivity index (χ3v) is 7.07. The molecule has 0 N–H and O–H groups in total. The van der Waals surface area contributed by atoms with E-state index in [1.807, 2.05) is 31.2 Å². The second kappa shape index (κ2) is 9.52. The Hall–Kier alpha value is -2.85. The van der Waals surface area contributed by atoms with Crippen molar-refractivity contribution in [1.29, 1.82) is 0 Å². The Labute approximate surface area is 183 Å². The topological polar surface area (TPSA) is 91.5 Å². The summed E-state index contributed by atoms with van der Waals surface area (Å²) in [6, 6.07) is 7.45. The summed E-state index contributed by atoms with van der Waals surface area (Å²) in [4.78, 5) is 0.213. The zero-order valence-corrected chi connectivity index (χ0v) is 19.4. The molecule has 0 bridgehead atoms. The number of hydrogen-bond acceptors (Lipinski definition) is 6. The quantitative estimate of drug-likeness (QED) is 0.474. The van der Waals surface area contributed by atoms with E-state index in [0.29, 0.717) is 36.7 Å². The smallest absolute Gasteiger partial charge is 0.246 e. The lowest BCUT2D eigenvalue weighted by Gasteiger charge is -2.22. The molecule has 3 aromatic rings. The van der Waals surface area contributed by atoms with Gasteiger partial charge in [0.1, 0.15) is 4.90 Å². The summed E-state index contributed by atoms with van der Waals surface area (Å²) in [7, 11) is 1.12. The lowest BCUT2D eigenvalue weighted by atomic mass is 10.1. The molecule has 0 saturated heterocycles.